The number of benzodiazepines with no additional fused rings is 1. The number of nitrogens with zero attached hydrogens (tertiary/aromatic N) is 1. The summed E-state index contributed by atoms with van der Waals surface area (Å²) in [5.41, 5.74) is -0.241. The molecule has 0 bridgehead atoms. The predicted octanol–water partition coefficient (Wildman–Crippen LogP) is 4.76. The van der Waals surface area contributed by atoms with Gasteiger partial charge in [0.1, 0.15) is 5.82 Å². The Balaban J connectivity index is 2.27. The number of halogens is 5. The summed E-state index contributed by atoms with van der Waals surface area (Å²) >= 11 is 6.02. The summed E-state index contributed by atoms with van der Waals surface area (Å²) in [6.07, 6.45) is -4.60. The summed E-state index contributed by atoms with van der Waals surface area (Å²) in [6, 6.07) is 8.02. The first-order chi connectivity index (χ1) is 10.9. The van der Waals surface area contributed by atoms with Crippen molar-refractivity contribution in [2.24, 2.45) is 4.99 Å². The molecule has 1 heterocycles. The van der Waals surface area contributed by atoms with Gasteiger partial charge in [0.2, 0.25) is 0 Å². The van der Waals surface area contributed by atoms with Gasteiger partial charge in [-0.15, -0.1) is 0 Å². The molecule has 0 amide bonds. The Bertz CT molecular complexity index is 784. The number of nitrogens with one attached hydrogen (secondary N) is 1. The van der Waals surface area contributed by atoms with Crippen molar-refractivity contribution >= 4 is 23.0 Å². The molecule has 0 aromatic heterocycles. The number of hydrogen-bond donors (Lipinski definition) is 1. The van der Waals surface area contributed by atoms with Crippen molar-refractivity contribution in [3.05, 3.63) is 63.9 Å². The Kier molecular flexibility index (Phi) is 4.02. The second-order valence-electron chi connectivity index (χ2n) is 4.98. The van der Waals surface area contributed by atoms with Gasteiger partial charge < -0.3 is 5.32 Å². The maximum absolute atomic E-state index is 14.1. The minimum absolute atomic E-state index is 0.0732. The summed E-state index contributed by atoms with van der Waals surface area (Å²) < 4.78 is 53.4. The molecular formula is C16H11ClF4N2. The van der Waals surface area contributed by atoms with Crippen LogP contribution in [-0.2, 0) is 6.18 Å². The van der Waals surface area contributed by atoms with Crippen molar-refractivity contribution in [3.63, 3.8) is 0 Å². The maximum Gasteiger partial charge on any atom is 0.417 e. The highest BCUT2D eigenvalue weighted by Gasteiger charge is 2.36. The molecule has 120 valence electrons. The molecule has 7 heteroatoms. The number of hydrogen-bond acceptors (Lipinski definition) is 2. The number of fused-ring (bicyclic) bond motifs is 1. The van der Waals surface area contributed by atoms with Crippen LogP contribution in [0.4, 0.5) is 23.2 Å². The molecule has 2 aromatic rings. The average molecular weight is 343 g/mol. The predicted molar refractivity (Wildman–Crippen MR) is 81.8 cm³/mol. The standard InChI is InChI=1S/C16H11ClF4N2/c17-14-10(16(19,20)21)5-6-12-13(14)15(23-8-7-22-12)9-3-1-2-4-11(9)18/h1-6,22H,7-8H2. The van der Waals surface area contributed by atoms with E-state index in [-0.39, 0.29) is 16.8 Å². The molecule has 0 aliphatic carbocycles. The zero-order chi connectivity index (χ0) is 16.6. The minimum Gasteiger partial charge on any atom is -0.383 e. The Morgan fingerprint density at radius 2 is 1.83 bits per heavy atom. The van der Waals surface area contributed by atoms with Crippen molar-refractivity contribution < 1.29 is 17.6 Å². The van der Waals surface area contributed by atoms with Crippen LogP contribution in [0.2, 0.25) is 5.02 Å². The third kappa shape index (κ3) is 2.91. The second-order valence-corrected chi connectivity index (χ2v) is 5.36. The summed E-state index contributed by atoms with van der Waals surface area (Å²) in [5, 5.41) is 2.49. The Hall–Kier alpha value is -2.08. The lowest BCUT2D eigenvalue weighted by Gasteiger charge is -2.17. The lowest BCUT2D eigenvalue weighted by molar-refractivity contribution is -0.137. The van der Waals surface area contributed by atoms with E-state index in [1.165, 1.54) is 24.3 Å². The topological polar surface area (TPSA) is 24.4 Å². The first kappa shape index (κ1) is 15.8. The number of alkyl halides is 3. The number of anilines is 1. The van der Waals surface area contributed by atoms with E-state index in [9.17, 15) is 17.6 Å². The number of rotatable bonds is 1. The molecule has 23 heavy (non-hydrogen) atoms. The van der Waals surface area contributed by atoms with Gasteiger partial charge in [0.05, 0.1) is 22.8 Å². The van der Waals surface area contributed by atoms with Crippen LogP contribution < -0.4 is 5.32 Å². The minimum atomic E-state index is -4.60. The molecule has 0 saturated carbocycles. The van der Waals surface area contributed by atoms with E-state index in [1.807, 2.05) is 0 Å². The quantitative estimate of drug-likeness (QED) is 0.742. The fourth-order valence-corrected chi connectivity index (χ4v) is 2.85. The van der Waals surface area contributed by atoms with Crippen molar-refractivity contribution in [2.45, 2.75) is 6.18 Å². The smallest absolute Gasteiger partial charge is 0.383 e. The van der Waals surface area contributed by atoms with Crippen LogP contribution in [0, 0.1) is 5.82 Å². The molecule has 1 aliphatic heterocycles. The molecule has 0 atom stereocenters. The van der Waals surface area contributed by atoms with Crippen LogP contribution in [0.3, 0.4) is 0 Å². The monoisotopic (exact) mass is 342 g/mol. The zero-order valence-electron chi connectivity index (χ0n) is 11.7. The number of aliphatic imine (C=N–C) groups is 1. The van der Waals surface area contributed by atoms with Crippen LogP contribution >= 0.6 is 11.6 Å². The third-order valence-corrected chi connectivity index (χ3v) is 3.90. The fraction of sp³-hybridized carbons (Fsp3) is 0.188. The largest absolute Gasteiger partial charge is 0.417 e. The van der Waals surface area contributed by atoms with Gasteiger partial charge in [0.25, 0.3) is 0 Å². The Morgan fingerprint density at radius 1 is 1.09 bits per heavy atom. The third-order valence-electron chi connectivity index (χ3n) is 3.51. The normalized spacial score (nSPS) is 14.6. The van der Waals surface area contributed by atoms with E-state index in [2.05, 4.69) is 10.3 Å². The van der Waals surface area contributed by atoms with E-state index in [0.717, 1.165) is 6.07 Å². The van der Waals surface area contributed by atoms with Crippen molar-refractivity contribution in [3.8, 4) is 0 Å². The Labute approximate surface area is 134 Å². The molecular weight excluding hydrogens is 332 g/mol. The molecule has 0 spiro atoms. The van der Waals surface area contributed by atoms with Crippen molar-refractivity contribution in [1.29, 1.82) is 0 Å². The Morgan fingerprint density at radius 3 is 2.52 bits per heavy atom. The fourth-order valence-electron chi connectivity index (χ4n) is 2.48. The van der Waals surface area contributed by atoms with Gasteiger partial charge in [0, 0.05) is 23.4 Å². The van der Waals surface area contributed by atoms with Crippen LogP contribution in [0.15, 0.2) is 41.4 Å². The van der Waals surface area contributed by atoms with E-state index in [4.69, 9.17) is 11.6 Å². The van der Waals surface area contributed by atoms with E-state index < -0.39 is 22.6 Å². The van der Waals surface area contributed by atoms with Gasteiger partial charge in [0.15, 0.2) is 0 Å². The number of benzene rings is 2. The molecule has 0 unspecified atom stereocenters. The SMILES string of the molecule is Fc1ccccc1C1=NCCNc2ccc(C(F)(F)F)c(Cl)c21. The van der Waals surface area contributed by atoms with Gasteiger partial charge >= 0.3 is 6.18 Å². The van der Waals surface area contributed by atoms with Gasteiger partial charge in [-0.05, 0) is 24.3 Å². The van der Waals surface area contributed by atoms with Gasteiger partial charge in [-0.1, -0.05) is 23.7 Å². The molecule has 2 nitrogen and oxygen atoms in total. The first-order valence-electron chi connectivity index (χ1n) is 6.83. The molecule has 1 aliphatic rings. The highest BCUT2D eigenvalue weighted by Crippen LogP contribution is 2.40. The van der Waals surface area contributed by atoms with E-state index >= 15 is 0 Å². The van der Waals surface area contributed by atoms with Crippen LogP contribution in [-0.4, -0.2) is 18.8 Å². The molecule has 2 aromatic carbocycles. The average Bonchev–Trinajstić information content (AvgIpc) is 2.70. The molecule has 3 rings (SSSR count). The lowest BCUT2D eigenvalue weighted by atomic mass is 9.97. The van der Waals surface area contributed by atoms with Gasteiger partial charge in [-0.3, -0.25) is 4.99 Å². The lowest BCUT2D eigenvalue weighted by Crippen LogP contribution is -2.13. The van der Waals surface area contributed by atoms with Crippen LogP contribution in [0.5, 0.6) is 0 Å². The summed E-state index contributed by atoms with van der Waals surface area (Å²) in [7, 11) is 0. The van der Waals surface area contributed by atoms with Crippen molar-refractivity contribution in [1.82, 2.24) is 0 Å². The van der Waals surface area contributed by atoms with E-state index in [0.29, 0.717) is 18.8 Å². The molecule has 1 N–H and O–H groups in total. The molecule has 0 saturated heterocycles. The summed E-state index contributed by atoms with van der Waals surface area (Å²) in [5.74, 6) is -0.562. The highest BCUT2D eigenvalue weighted by molar-refractivity contribution is 6.37. The van der Waals surface area contributed by atoms with Crippen LogP contribution in [0.1, 0.15) is 16.7 Å². The first-order valence-corrected chi connectivity index (χ1v) is 7.20. The highest BCUT2D eigenvalue weighted by atomic mass is 35.5. The zero-order valence-corrected chi connectivity index (χ0v) is 12.5. The second kappa shape index (κ2) is 5.85. The molecule has 0 radical (unpaired) electrons. The van der Waals surface area contributed by atoms with Crippen LogP contribution in [0.25, 0.3) is 0 Å². The maximum atomic E-state index is 14.1. The summed E-state index contributed by atoms with van der Waals surface area (Å²) in [6.45, 7) is 0.725. The van der Waals surface area contributed by atoms with Crippen molar-refractivity contribution in [2.75, 3.05) is 18.4 Å². The van der Waals surface area contributed by atoms with Gasteiger partial charge in [-0.25, -0.2) is 4.39 Å². The van der Waals surface area contributed by atoms with Gasteiger partial charge in [-0.2, -0.15) is 13.2 Å². The van der Waals surface area contributed by atoms with E-state index in [1.54, 1.807) is 6.07 Å². The summed E-state index contributed by atoms with van der Waals surface area (Å²) in [4.78, 5) is 4.24. The molecule has 0 fully saturated rings.